The second kappa shape index (κ2) is 42.5. The minimum Gasteiger partial charge on any atom is -0.477 e. The second-order valence-corrected chi connectivity index (χ2v) is 17.0. The average molecular weight is 841 g/mol. The quantitative estimate of drug-likeness (QED) is 0.0283. The molecular formula is C52H90NO7+. The van der Waals surface area contributed by atoms with E-state index in [1.807, 2.05) is 21.1 Å². The number of carboxylic acids is 1. The number of carbonyl (C=O) groups is 3. The lowest BCUT2D eigenvalue weighted by Crippen LogP contribution is -2.50. The Morgan fingerprint density at radius 2 is 0.933 bits per heavy atom. The summed E-state index contributed by atoms with van der Waals surface area (Å²) in [6, 6.07) is -0.624. The fourth-order valence-corrected chi connectivity index (χ4v) is 6.64. The first-order valence-electron chi connectivity index (χ1n) is 24.0. The van der Waals surface area contributed by atoms with E-state index in [4.69, 9.17) is 14.2 Å². The molecule has 0 aromatic carbocycles. The number of rotatable bonds is 42. The van der Waals surface area contributed by atoms with Crippen LogP contribution in [0.25, 0.3) is 0 Å². The highest BCUT2D eigenvalue weighted by Gasteiger charge is 2.31. The first-order chi connectivity index (χ1) is 29.1. The van der Waals surface area contributed by atoms with Crippen LogP contribution in [0.4, 0.5) is 0 Å². The van der Waals surface area contributed by atoms with Crippen LogP contribution in [0.1, 0.15) is 187 Å². The molecule has 0 aliphatic carbocycles. The van der Waals surface area contributed by atoms with Gasteiger partial charge in [-0.15, -0.1) is 0 Å². The number of allylic oxidation sites excluding steroid dienone is 12. The van der Waals surface area contributed by atoms with Gasteiger partial charge in [0.25, 0.3) is 0 Å². The van der Waals surface area contributed by atoms with Crippen LogP contribution in [0.2, 0.25) is 0 Å². The van der Waals surface area contributed by atoms with Crippen LogP contribution >= 0.6 is 0 Å². The van der Waals surface area contributed by atoms with Gasteiger partial charge in [-0.05, 0) is 83.5 Å². The van der Waals surface area contributed by atoms with Crippen LogP contribution < -0.4 is 0 Å². The van der Waals surface area contributed by atoms with Gasteiger partial charge >= 0.3 is 17.9 Å². The third-order valence-corrected chi connectivity index (χ3v) is 10.3. The molecule has 0 rings (SSSR count). The summed E-state index contributed by atoms with van der Waals surface area (Å²) in [5.74, 6) is -1.51. The normalized spacial score (nSPS) is 13.6. The Balaban J connectivity index is 4.38. The summed E-state index contributed by atoms with van der Waals surface area (Å²) in [6.45, 7) is 4.58. The van der Waals surface area contributed by atoms with Crippen LogP contribution in [0, 0.1) is 0 Å². The molecule has 8 heteroatoms. The van der Waals surface area contributed by atoms with E-state index < -0.39 is 18.1 Å². The van der Waals surface area contributed by atoms with Gasteiger partial charge in [0.2, 0.25) is 0 Å². The SMILES string of the molecule is CC/C=C/C/C=C/C/C=C/C/C=C/C/C=C/CCCCCCC(=O)OC(COCCC(C(=O)O)[N+](C)(C)C)COC(=O)CCCCCCC/C=C/CCCCCCCCC. The molecule has 344 valence electrons. The molecular weight excluding hydrogens is 751 g/mol. The van der Waals surface area contributed by atoms with Crippen molar-refractivity contribution in [3.63, 3.8) is 0 Å². The molecule has 2 atom stereocenters. The van der Waals surface area contributed by atoms with Crippen molar-refractivity contribution in [1.29, 1.82) is 0 Å². The maximum absolute atomic E-state index is 12.8. The number of ether oxygens (including phenoxy) is 3. The lowest BCUT2D eigenvalue weighted by Gasteiger charge is -2.31. The first kappa shape index (κ1) is 56.8. The molecule has 60 heavy (non-hydrogen) atoms. The number of carbonyl (C=O) groups excluding carboxylic acids is 2. The Hall–Kier alpha value is -3.23. The second-order valence-electron chi connectivity index (χ2n) is 17.0. The molecule has 0 aromatic heterocycles. The maximum Gasteiger partial charge on any atom is 0.362 e. The fraction of sp³-hybridized carbons (Fsp3) is 0.712. The summed E-state index contributed by atoms with van der Waals surface area (Å²) in [6.07, 6.45) is 53.7. The van der Waals surface area contributed by atoms with E-state index >= 15 is 0 Å². The van der Waals surface area contributed by atoms with E-state index in [0.29, 0.717) is 19.3 Å². The number of quaternary nitrogens is 1. The van der Waals surface area contributed by atoms with Gasteiger partial charge in [-0.2, -0.15) is 0 Å². The Kier molecular flexibility index (Phi) is 40.2. The number of carboxylic acid groups (broad SMARTS) is 1. The molecule has 0 saturated carbocycles. The zero-order valence-corrected chi connectivity index (χ0v) is 39.1. The molecule has 0 aliphatic heterocycles. The van der Waals surface area contributed by atoms with Gasteiger partial charge in [0.1, 0.15) is 6.61 Å². The van der Waals surface area contributed by atoms with Gasteiger partial charge in [0.05, 0.1) is 34.4 Å². The molecule has 0 amide bonds. The minimum atomic E-state index is -0.883. The van der Waals surface area contributed by atoms with E-state index in [1.165, 1.54) is 57.8 Å². The molecule has 1 N–H and O–H groups in total. The Morgan fingerprint density at radius 1 is 0.517 bits per heavy atom. The predicted octanol–water partition coefficient (Wildman–Crippen LogP) is 13.5. The largest absolute Gasteiger partial charge is 0.477 e. The zero-order chi connectivity index (χ0) is 44.2. The van der Waals surface area contributed by atoms with Crippen LogP contribution in [-0.4, -0.2) is 80.6 Å². The fourth-order valence-electron chi connectivity index (χ4n) is 6.64. The number of likely N-dealkylation sites (N-methyl/N-ethyl adjacent to an activating group) is 1. The number of nitrogens with zero attached hydrogens (tertiary/aromatic N) is 1. The predicted molar refractivity (Wildman–Crippen MR) is 252 cm³/mol. The summed E-state index contributed by atoms with van der Waals surface area (Å²) < 4.78 is 17.3. The molecule has 0 radical (unpaired) electrons. The lowest BCUT2D eigenvalue weighted by molar-refractivity contribution is -0.887. The van der Waals surface area contributed by atoms with Crippen molar-refractivity contribution in [2.24, 2.45) is 0 Å². The van der Waals surface area contributed by atoms with Crippen LogP contribution in [0.3, 0.4) is 0 Å². The van der Waals surface area contributed by atoms with Crippen molar-refractivity contribution < 1.29 is 38.2 Å². The Morgan fingerprint density at radius 3 is 1.40 bits per heavy atom. The smallest absolute Gasteiger partial charge is 0.362 e. The molecule has 0 saturated heterocycles. The molecule has 0 aliphatic rings. The van der Waals surface area contributed by atoms with Crippen LogP contribution in [-0.2, 0) is 28.6 Å². The highest BCUT2D eigenvalue weighted by atomic mass is 16.6. The number of unbranched alkanes of at least 4 members (excludes halogenated alkanes) is 16. The summed E-state index contributed by atoms with van der Waals surface area (Å²) in [5, 5.41) is 9.64. The van der Waals surface area contributed by atoms with Gasteiger partial charge < -0.3 is 23.8 Å². The van der Waals surface area contributed by atoms with E-state index in [2.05, 4.69) is 86.8 Å². The molecule has 2 unspecified atom stereocenters. The topological polar surface area (TPSA) is 99.1 Å². The van der Waals surface area contributed by atoms with Crippen molar-refractivity contribution in [3.8, 4) is 0 Å². The third-order valence-electron chi connectivity index (χ3n) is 10.3. The van der Waals surface area contributed by atoms with E-state index in [-0.39, 0.29) is 36.2 Å². The van der Waals surface area contributed by atoms with Crippen molar-refractivity contribution in [3.05, 3.63) is 72.9 Å². The number of aliphatic carboxylic acids is 1. The average Bonchev–Trinajstić information content (AvgIpc) is 3.21. The molecule has 0 spiro atoms. The lowest BCUT2D eigenvalue weighted by atomic mass is 10.1. The summed E-state index contributed by atoms with van der Waals surface area (Å²) in [7, 11) is 5.51. The molecule has 0 fully saturated rings. The number of hydrogen-bond acceptors (Lipinski definition) is 6. The highest BCUT2D eigenvalue weighted by molar-refractivity contribution is 5.72. The standard InChI is InChI=1S/C52H89NO7/c1-6-8-10-12-14-16-18-20-22-24-25-26-27-29-31-33-35-37-39-41-43-51(55)60-48(46-58-45-44-49(52(56)57)53(3,4)5)47-59-50(54)42-40-38-36-34-32-30-28-23-21-19-17-15-13-11-9-7-2/h8,10,14,16,20,22-23,25-26,28-29,31,48-49H,6-7,9,11-13,15,17-19,21,24,27,30,32-47H2,1-5H3/p+1/b10-8+,16-14+,22-20+,26-25+,28-23+,31-29+. The monoisotopic (exact) mass is 841 g/mol. The van der Waals surface area contributed by atoms with Gasteiger partial charge in [-0.1, -0.05) is 157 Å². The maximum atomic E-state index is 12.8. The van der Waals surface area contributed by atoms with Gasteiger partial charge in [-0.25, -0.2) is 4.79 Å². The molecule has 0 aromatic rings. The van der Waals surface area contributed by atoms with E-state index in [1.54, 1.807) is 0 Å². The molecule has 8 nitrogen and oxygen atoms in total. The van der Waals surface area contributed by atoms with Crippen molar-refractivity contribution in [2.45, 2.75) is 199 Å². The summed E-state index contributed by atoms with van der Waals surface area (Å²) >= 11 is 0. The minimum absolute atomic E-state index is 0.0449. The van der Waals surface area contributed by atoms with Gasteiger partial charge in [0.15, 0.2) is 12.1 Å². The Labute approximate surface area is 368 Å². The zero-order valence-electron chi connectivity index (χ0n) is 39.1. The first-order valence-corrected chi connectivity index (χ1v) is 24.0. The van der Waals surface area contributed by atoms with E-state index in [0.717, 1.165) is 96.3 Å². The van der Waals surface area contributed by atoms with Gasteiger partial charge in [-0.3, -0.25) is 9.59 Å². The molecule has 0 heterocycles. The molecule has 0 bridgehead atoms. The summed E-state index contributed by atoms with van der Waals surface area (Å²) in [5.41, 5.74) is 0. The number of hydrogen-bond donors (Lipinski definition) is 1. The number of esters is 2. The van der Waals surface area contributed by atoms with Crippen molar-refractivity contribution in [1.82, 2.24) is 0 Å². The van der Waals surface area contributed by atoms with Gasteiger partial charge in [0, 0.05) is 19.3 Å². The van der Waals surface area contributed by atoms with E-state index in [9.17, 15) is 19.5 Å². The highest BCUT2D eigenvalue weighted by Crippen LogP contribution is 2.13. The van der Waals surface area contributed by atoms with Crippen LogP contribution in [0.15, 0.2) is 72.9 Å². The third kappa shape index (κ3) is 40.2. The van der Waals surface area contributed by atoms with Crippen LogP contribution in [0.5, 0.6) is 0 Å². The van der Waals surface area contributed by atoms with Crippen molar-refractivity contribution >= 4 is 17.9 Å². The van der Waals surface area contributed by atoms with Crippen molar-refractivity contribution in [2.75, 3.05) is 41.0 Å². The summed E-state index contributed by atoms with van der Waals surface area (Å²) in [4.78, 5) is 37.1. The Bertz CT molecular complexity index is 1210.